The Morgan fingerprint density at radius 2 is 1.86 bits per heavy atom. The van der Waals surface area contributed by atoms with Crippen molar-refractivity contribution in [3.63, 3.8) is 0 Å². The molecule has 3 rings (SSSR count). The number of methoxy groups -OCH3 is 1. The van der Waals surface area contributed by atoms with Gasteiger partial charge >= 0.3 is 0 Å². The van der Waals surface area contributed by atoms with Gasteiger partial charge in [-0.15, -0.1) is 24.8 Å². The summed E-state index contributed by atoms with van der Waals surface area (Å²) in [7, 11) is 1.74. The van der Waals surface area contributed by atoms with Crippen molar-refractivity contribution in [2.45, 2.75) is 32.2 Å². The Labute approximate surface area is 146 Å². The molecule has 1 saturated heterocycles. The van der Waals surface area contributed by atoms with Crippen LogP contribution in [0.25, 0.3) is 0 Å². The van der Waals surface area contributed by atoms with Crippen LogP contribution in [0, 0.1) is 12.8 Å². The zero-order valence-corrected chi connectivity index (χ0v) is 15.1. The molecule has 1 heterocycles. The molecule has 22 heavy (non-hydrogen) atoms. The number of halogens is 2. The quantitative estimate of drug-likeness (QED) is 0.901. The van der Waals surface area contributed by atoms with Crippen molar-refractivity contribution in [3.8, 4) is 5.75 Å². The van der Waals surface area contributed by atoms with Crippen LogP contribution in [0.3, 0.4) is 0 Å². The number of benzene rings is 1. The maximum absolute atomic E-state index is 5.35. The van der Waals surface area contributed by atoms with Crippen LogP contribution in [0.5, 0.6) is 5.75 Å². The van der Waals surface area contributed by atoms with Crippen molar-refractivity contribution >= 4 is 24.8 Å². The van der Waals surface area contributed by atoms with Crippen LogP contribution in [-0.4, -0.2) is 38.2 Å². The summed E-state index contributed by atoms with van der Waals surface area (Å²) >= 11 is 0. The van der Waals surface area contributed by atoms with E-state index in [-0.39, 0.29) is 24.8 Å². The van der Waals surface area contributed by atoms with Crippen molar-refractivity contribution in [2.75, 3.05) is 33.3 Å². The fourth-order valence-corrected chi connectivity index (χ4v) is 3.57. The molecule has 0 aromatic heterocycles. The molecule has 5 heteroatoms. The fourth-order valence-electron chi connectivity index (χ4n) is 3.57. The van der Waals surface area contributed by atoms with Gasteiger partial charge in [-0.3, -0.25) is 4.90 Å². The predicted octanol–water partition coefficient (Wildman–Crippen LogP) is 3.59. The van der Waals surface area contributed by atoms with Gasteiger partial charge in [-0.1, -0.05) is 12.5 Å². The number of hydrogen-bond donors (Lipinski definition) is 1. The van der Waals surface area contributed by atoms with Crippen molar-refractivity contribution in [3.05, 3.63) is 29.3 Å². The molecule has 3 nitrogen and oxygen atoms in total. The Balaban J connectivity index is 0.00000121. The van der Waals surface area contributed by atoms with Gasteiger partial charge in [0, 0.05) is 32.2 Å². The monoisotopic (exact) mass is 346 g/mol. The lowest BCUT2D eigenvalue weighted by atomic mass is 9.75. The molecule has 1 saturated carbocycles. The molecule has 1 N–H and O–H groups in total. The third kappa shape index (κ3) is 4.08. The highest BCUT2D eigenvalue weighted by molar-refractivity contribution is 5.85. The topological polar surface area (TPSA) is 24.5 Å². The first kappa shape index (κ1) is 19.6. The van der Waals surface area contributed by atoms with Crippen LogP contribution in [0.15, 0.2) is 18.2 Å². The van der Waals surface area contributed by atoms with Crippen molar-refractivity contribution in [1.29, 1.82) is 0 Å². The maximum atomic E-state index is 5.35. The van der Waals surface area contributed by atoms with Crippen LogP contribution < -0.4 is 10.1 Å². The van der Waals surface area contributed by atoms with E-state index in [1.807, 2.05) is 0 Å². The molecule has 0 radical (unpaired) electrons. The molecule has 1 aromatic carbocycles. The minimum Gasteiger partial charge on any atom is -0.497 e. The van der Waals surface area contributed by atoms with E-state index in [0.717, 1.165) is 24.8 Å². The Morgan fingerprint density at radius 3 is 2.36 bits per heavy atom. The van der Waals surface area contributed by atoms with Gasteiger partial charge in [-0.05, 0) is 48.9 Å². The first-order valence-electron chi connectivity index (χ1n) is 7.89. The van der Waals surface area contributed by atoms with Crippen LogP contribution >= 0.6 is 24.8 Å². The SMILES string of the molecule is COc1ccc([C@H](C2CCC2)N2CCNCC2)c(C)c1.Cl.Cl. The summed E-state index contributed by atoms with van der Waals surface area (Å²) in [6, 6.07) is 7.20. The van der Waals surface area contributed by atoms with Gasteiger partial charge in [0.25, 0.3) is 0 Å². The number of hydrogen-bond acceptors (Lipinski definition) is 3. The van der Waals surface area contributed by atoms with Gasteiger partial charge in [0.05, 0.1) is 7.11 Å². The van der Waals surface area contributed by atoms with Crippen LogP contribution in [0.2, 0.25) is 0 Å². The molecule has 1 aliphatic heterocycles. The number of ether oxygens (including phenoxy) is 1. The number of piperazine rings is 1. The van der Waals surface area contributed by atoms with Gasteiger partial charge in [0.2, 0.25) is 0 Å². The van der Waals surface area contributed by atoms with E-state index in [0.29, 0.717) is 6.04 Å². The number of rotatable bonds is 4. The standard InChI is InChI=1S/C17H26N2O.2ClH/c1-13-12-15(20-2)6-7-16(13)17(14-4-3-5-14)19-10-8-18-9-11-19;;/h6-7,12,14,17-18H,3-5,8-11H2,1-2H3;2*1H/t17-;;/m0../s1. The molecule has 2 aliphatic rings. The Morgan fingerprint density at radius 1 is 1.18 bits per heavy atom. The zero-order valence-electron chi connectivity index (χ0n) is 13.5. The largest absolute Gasteiger partial charge is 0.497 e. The number of aryl methyl sites for hydroxylation is 1. The molecular weight excluding hydrogens is 319 g/mol. The summed E-state index contributed by atoms with van der Waals surface area (Å²) in [6.07, 6.45) is 4.18. The second kappa shape index (κ2) is 8.97. The Kier molecular flexibility index (Phi) is 7.98. The predicted molar refractivity (Wildman–Crippen MR) is 96.8 cm³/mol. The summed E-state index contributed by atoms with van der Waals surface area (Å²) < 4.78 is 5.35. The molecule has 1 aliphatic carbocycles. The summed E-state index contributed by atoms with van der Waals surface area (Å²) in [5.74, 6) is 1.82. The van der Waals surface area contributed by atoms with Crippen molar-refractivity contribution < 1.29 is 4.74 Å². The molecule has 0 bridgehead atoms. The maximum Gasteiger partial charge on any atom is 0.119 e. The van der Waals surface area contributed by atoms with Gasteiger partial charge in [0.1, 0.15) is 5.75 Å². The van der Waals surface area contributed by atoms with E-state index in [1.165, 1.54) is 43.5 Å². The number of nitrogens with one attached hydrogen (secondary N) is 1. The van der Waals surface area contributed by atoms with E-state index in [4.69, 9.17) is 4.74 Å². The lowest BCUT2D eigenvalue weighted by molar-refractivity contribution is 0.0832. The number of nitrogens with zero attached hydrogens (tertiary/aromatic N) is 1. The Hall–Kier alpha value is -0.480. The van der Waals surface area contributed by atoms with Crippen molar-refractivity contribution in [2.24, 2.45) is 5.92 Å². The third-order valence-electron chi connectivity index (χ3n) is 4.94. The lowest BCUT2D eigenvalue weighted by Crippen LogP contribution is -2.48. The highest BCUT2D eigenvalue weighted by Gasteiger charge is 2.34. The minimum absolute atomic E-state index is 0. The average Bonchev–Trinajstić information content (AvgIpc) is 2.44. The van der Waals surface area contributed by atoms with Gasteiger partial charge < -0.3 is 10.1 Å². The molecule has 1 aromatic rings. The molecule has 126 valence electrons. The van der Waals surface area contributed by atoms with Gasteiger partial charge in [-0.2, -0.15) is 0 Å². The van der Waals surface area contributed by atoms with E-state index < -0.39 is 0 Å². The van der Waals surface area contributed by atoms with Crippen molar-refractivity contribution in [1.82, 2.24) is 10.2 Å². The van der Waals surface area contributed by atoms with Crippen LogP contribution in [0.1, 0.15) is 36.4 Å². The summed E-state index contributed by atoms with van der Waals surface area (Å²) in [4.78, 5) is 2.69. The molecular formula is C17H28Cl2N2O. The molecule has 0 spiro atoms. The summed E-state index contributed by atoms with van der Waals surface area (Å²) in [5, 5.41) is 3.47. The molecule has 1 atom stereocenters. The second-order valence-electron chi connectivity index (χ2n) is 6.14. The minimum atomic E-state index is 0. The summed E-state index contributed by atoms with van der Waals surface area (Å²) in [6.45, 7) is 6.82. The Bertz CT molecular complexity index is 460. The van der Waals surface area contributed by atoms with Crippen LogP contribution in [0.4, 0.5) is 0 Å². The smallest absolute Gasteiger partial charge is 0.119 e. The highest BCUT2D eigenvalue weighted by atomic mass is 35.5. The van der Waals surface area contributed by atoms with E-state index in [2.05, 4.69) is 35.3 Å². The van der Waals surface area contributed by atoms with Gasteiger partial charge in [-0.25, -0.2) is 0 Å². The van der Waals surface area contributed by atoms with Gasteiger partial charge in [0.15, 0.2) is 0 Å². The zero-order chi connectivity index (χ0) is 13.9. The molecule has 0 unspecified atom stereocenters. The highest BCUT2D eigenvalue weighted by Crippen LogP contribution is 2.42. The van der Waals surface area contributed by atoms with Crippen LogP contribution in [-0.2, 0) is 0 Å². The second-order valence-corrected chi connectivity index (χ2v) is 6.14. The summed E-state index contributed by atoms with van der Waals surface area (Å²) in [5.41, 5.74) is 2.89. The molecule has 0 amide bonds. The fraction of sp³-hybridized carbons (Fsp3) is 0.647. The molecule has 2 fully saturated rings. The van der Waals surface area contributed by atoms with E-state index >= 15 is 0 Å². The third-order valence-corrected chi connectivity index (χ3v) is 4.94. The first-order valence-corrected chi connectivity index (χ1v) is 7.89. The first-order chi connectivity index (χ1) is 9.79. The normalized spacial score (nSPS) is 20.3. The van der Waals surface area contributed by atoms with E-state index in [9.17, 15) is 0 Å². The van der Waals surface area contributed by atoms with E-state index in [1.54, 1.807) is 7.11 Å². The lowest BCUT2D eigenvalue weighted by Gasteiger charge is -2.43. The average molecular weight is 347 g/mol.